The van der Waals surface area contributed by atoms with Gasteiger partial charge in [-0.3, -0.25) is 4.98 Å². The van der Waals surface area contributed by atoms with Crippen LogP contribution in [0.4, 0.5) is 0 Å². The van der Waals surface area contributed by atoms with Crippen molar-refractivity contribution in [1.82, 2.24) is 15.2 Å². The molecular formula is C14H25N3. The molecule has 0 aliphatic heterocycles. The van der Waals surface area contributed by atoms with Crippen molar-refractivity contribution in [2.45, 2.75) is 20.3 Å². The highest BCUT2D eigenvalue weighted by Crippen LogP contribution is 1.98. The van der Waals surface area contributed by atoms with Gasteiger partial charge in [0.05, 0.1) is 0 Å². The minimum Gasteiger partial charge on any atom is -0.315 e. The molecule has 0 saturated carbocycles. The normalized spacial score (nSPS) is 11.4. The zero-order valence-corrected chi connectivity index (χ0v) is 11.3. The lowest BCUT2D eigenvalue weighted by Crippen LogP contribution is -2.32. The van der Waals surface area contributed by atoms with Crippen LogP contribution in [0, 0.1) is 5.92 Å². The van der Waals surface area contributed by atoms with E-state index in [1.807, 2.05) is 12.4 Å². The van der Waals surface area contributed by atoms with Crippen LogP contribution < -0.4 is 5.32 Å². The fourth-order valence-corrected chi connectivity index (χ4v) is 1.64. The Labute approximate surface area is 105 Å². The fourth-order valence-electron chi connectivity index (χ4n) is 1.64. The number of nitrogens with zero attached hydrogens (tertiary/aromatic N) is 2. The van der Waals surface area contributed by atoms with Crippen LogP contribution in [0.25, 0.3) is 0 Å². The molecule has 0 aromatic carbocycles. The SMILES string of the molecule is CC(C)CNCCN(C)CCc1ccncc1. The van der Waals surface area contributed by atoms with Crippen LogP contribution in [0.15, 0.2) is 24.5 Å². The van der Waals surface area contributed by atoms with E-state index in [4.69, 9.17) is 0 Å². The van der Waals surface area contributed by atoms with Gasteiger partial charge in [-0.05, 0) is 43.6 Å². The van der Waals surface area contributed by atoms with Gasteiger partial charge >= 0.3 is 0 Å². The third kappa shape index (κ3) is 7.08. The van der Waals surface area contributed by atoms with Crippen LogP contribution in [-0.2, 0) is 6.42 Å². The Morgan fingerprint density at radius 2 is 1.94 bits per heavy atom. The summed E-state index contributed by atoms with van der Waals surface area (Å²) in [6.45, 7) is 8.87. The Morgan fingerprint density at radius 1 is 1.24 bits per heavy atom. The van der Waals surface area contributed by atoms with Gasteiger partial charge in [0.2, 0.25) is 0 Å². The van der Waals surface area contributed by atoms with Crippen LogP contribution in [0.5, 0.6) is 0 Å². The van der Waals surface area contributed by atoms with Gasteiger partial charge in [0.25, 0.3) is 0 Å². The summed E-state index contributed by atoms with van der Waals surface area (Å²) in [7, 11) is 2.18. The molecule has 0 radical (unpaired) electrons. The number of likely N-dealkylation sites (N-methyl/N-ethyl adjacent to an activating group) is 1. The van der Waals surface area contributed by atoms with Crippen molar-refractivity contribution in [3.63, 3.8) is 0 Å². The molecule has 96 valence electrons. The van der Waals surface area contributed by atoms with Gasteiger partial charge in [-0.2, -0.15) is 0 Å². The molecule has 3 heteroatoms. The lowest BCUT2D eigenvalue weighted by Gasteiger charge is -2.17. The Kier molecular flexibility index (Phi) is 6.82. The van der Waals surface area contributed by atoms with Gasteiger partial charge in [0, 0.05) is 32.0 Å². The molecule has 0 fully saturated rings. The number of rotatable bonds is 8. The summed E-state index contributed by atoms with van der Waals surface area (Å²) in [5, 5.41) is 3.46. The summed E-state index contributed by atoms with van der Waals surface area (Å²) in [6, 6.07) is 4.18. The highest BCUT2D eigenvalue weighted by molar-refractivity contribution is 5.09. The lowest BCUT2D eigenvalue weighted by molar-refractivity contribution is 0.332. The van der Waals surface area contributed by atoms with Crippen LogP contribution in [0.1, 0.15) is 19.4 Å². The molecule has 0 spiro atoms. The molecule has 1 aromatic rings. The van der Waals surface area contributed by atoms with Gasteiger partial charge in [0.15, 0.2) is 0 Å². The second kappa shape index (κ2) is 8.20. The first-order valence-electron chi connectivity index (χ1n) is 6.46. The first kappa shape index (κ1) is 14.1. The average Bonchev–Trinajstić information content (AvgIpc) is 2.33. The average molecular weight is 235 g/mol. The Balaban J connectivity index is 2.07. The smallest absolute Gasteiger partial charge is 0.0270 e. The summed E-state index contributed by atoms with van der Waals surface area (Å²) in [6.07, 6.45) is 4.82. The molecule has 1 aromatic heterocycles. The maximum absolute atomic E-state index is 4.03. The number of aromatic nitrogens is 1. The molecule has 0 amide bonds. The largest absolute Gasteiger partial charge is 0.315 e. The standard InChI is InChI=1S/C14H25N3/c1-13(2)12-16-9-11-17(3)10-6-14-4-7-15-8-5-14/h4-5,7-8,13,16H,6,9-12H2,1-3H3. The molecule has 1 heterocycles. The van der Waals surface area contributed by atoms with Crippen molar-refractivity contribution < 1.29 is 0 Å². The first-order valence-corrected chi connectivity index (χ1v) is 6.46. The number of pyridine rings is 1. The van der Waals surface area contributed by atoms with E-state index in [2.05, 4.69) is 48.2 Å². The third-order valence-electron chi connectivity index (χ3n) is 2.75. The fraction of sp³-hybridized carbons (Fsp3) is 0.643. The summed E-state index contributed by atoms with van der Waals surface area (Å²) in [5.74, 6) is 0.733. The van der Waals surface area contributed by atoms with Crippen LogP contribution in [0.2, 0.25) is 0 Å². The monoisotopic (exact) mass is 235 g/mol. The number of hydrogen-bond acceptors (Lipinski definition) is 3. The van der Waals surface area contributed by atoms with E-state index in [1.165, 1.54) is 5.56 Å². The van der Waals surface area contributed by atoms with Crippen LogP contribution in [-0.4, -0.2) is 43.1 Å². The van der Waals surface area contributed by atoms with E-state index in [0.717, 1.165) is 38.5 Å². The second-order valence-electron chi connectivity index (χ2n) is 5.01. The first-order chi connectivity index (χ1) is 8.18. The van der Waals surface area contributed by atoms with E-state index < -0.39 is 0 Å². The molecule has 0 saturated heterocycles. The van der Waals surface area contributed by atoms with Crippen LogP contribution >= 0.6 is 0 Å². The van der Waals surface area contributed by atoms with Crippen molar-refractivity contribution >= 4 is 0 Å². The summed E-state index contributed by atoms with van der Waals surface area (Å²) in [4.78, 5) is 6.39. The van der Waals surface area contributed by atoms with Crippen molar-refractivity contribution in [3.8, 4) is 0 Å². The minimum atomic E-state index is 0.733. The van der Waals surface area contributed by atoms with Gasteiger partial charge in [-0.15, -0.1) is 0 Å². The van der Waals surface area contributed by atoms with Crippen molar-refractivity contribution in [2.75, 3.05) is 33.2 Å². The third-order valence-corrected chi connectivity index (χ3v) is 2.75. The highest BCUT2D eigenvalue weighted by Gasteiger charge is 1.99. The van der Waals surface area contributed by atoms with Crippen molar-refractivity contribution in [2.24, 2.45) is 5.92 Å². The molecule has 0 atom stereocenters. The molecule has 1 rings (SSSR count). The zero-order chi connectivity index (χ0) is 12.5. The maximum Gasteiger partial charge on any atom is 0.0270 e. The predicted octanol–water partition coefficient (Wildman–Crippen LogP) is 1.80. The molecule has 0 bridgehead atoms. The highest BCUT2D eigenvalue weighted by atomic mass is 15.1. The van der Waals surface area contributed by atoms with Gasteiger partial charge < -0.3 is 10.2 Å². The Morgan fingerprint density at radius 3 is 2.59 bits per heavy atom. The summed E-state index contributed by atoms with van der Waals surface area (Å²) >= 11 is 0. The minimum absolute atomic E-state index is 0.733. The zero-order valence-electron chi connectivity index (χ0n) is 11.3. The topological polar surface area (TPSA) is 28.2 Å². The molecular weight excluding hydrogens is 210 g/mol. The lowest BCUT2D eigenvalue weighted by atomic mass is 10.2. The molecule has 0 aliphatic rings. The Hall–Kier alpha value is -0.930. The summed E-state index contributed by atoms with van der Waals surface area (Å²) in [5.41, 5.74) is 1.36. The number of hydrogen-bond donors (Lipinski definition) is 1. The van der Waals surface area contributed by atoms with E-state index in [9.17, 15) is 0 Å². The molecule has 3 nitrogen and oxygen atoms in total. The predicted molar refractivity (Wildman–Crippen MR) is 73.1 cm³/mol. The van der Waals surface area contributed by atoms with E-state index in [0.29, 0.717) is 0 Å². The van der Waals surface area contributed by atoms with Gasteiger partial charge in [-0.25, -0.2) is 0 Å². The van der Waals surface area contributed by atoms with Crippen LogP contribution in [0.3, 0.4) is 0 Å². The van der Waals surface area contributed by atoms with Crippen molar-refractivity contribution in [1.29, 1.82) is 0 Å². The van der Waals surface area contributed by atoms with E-state index in [1.54, 1.807) is 0 Å². The van der Waals surface area contributed by atoms with Gasteiger partial charge in [-0.1, -0.05) is 13.8 Å². The van der Waals surface area contributed by atoms with E-state index in [-0.39, 0.29) is 0 Å². The summed E-state index contributed by atoms with van der Waals surface area (Å²) < 4.78 is 0. The maximum atomic E-state index is 4.03. The molecule has 17 heavy (non-hydrogen) atoms. The Bertz CT molecular complexity index is 285. The quantitative estimate of drug-likeness (QED) is 0.696. The number of nitrogens with one attached hydrogen (secondary N) is 1. The molecule has 0 aliphatic carbocycles. The second-order valence-corrected chi connectivity index (χ2v) is 5.01. The van der Waals surface area contributed by atoms with Crippen molar-refractivity contribution in [3.05, 3.63) is 30.1 Å². The molecule has 1 N–H and O–H groups in total. The van der Waals surface area contributed by atoms with E-state index >= 15 is 0 Å². The molecule has 0 unspecified atom stereocenters. The van der Waals surface area contributed by atoms with Gasteiger partial charge in [0.1, 0.15) is 0 Å².